The summed E-state index contributed by atoms with van der Waals surface area (Å²) in [5.74, 6) is 0. The third-order valence-electron chi connectivity index (χ3n) is 20.5. The standard InChI is InChI=1S/C92H55BN8/c94-56-62-42-45-63(52-86(62)100-82-38-19-12-30-70(82)71-31-13-20-39-83(71)100)97-89-53-64(96-77-33-14-7-26-66(77)67-27-8-15-34-78(67)96)46-49-76(89)93-75-48-44-61(59-24-5-2-6-25-59)51-88(75)101(85-41-21-40-84(74(85)57-95)99-80-36-17-10-28-68(80)69-29-11-18-37-81(69)99)91-55-65(54-90(97)92(91)93)98-79-35-16-9-32-72(79)73-47-43-60(50-87(73)98)58-22-3-1-4-23-58/h1-55H/i2D,5D,6D,7D,8D,14D,15D,24D,25D,26D,27D,33D,34D. The van der Waals surface area contributed by atoms with Crippen molar-refractivity contribution < 1.29 is 17.8 Å². The molecule has 0 aliphatic carbocycles. The van der Waals surface area contributed by atoms with Gasteiger partial charge in [-0.1, -0.05) is 224 Å². The topological polar surface area (TPSA) is 73.8 Å². The van der Waals surface area contributed by atoms with Crippen molar-refractivity contribution in [2.24, 2.45) is 0 Å². The second kappa shape index (κ2) is 21.8. The Bertz CT molecular complexity index is 7470. The molecule has 0 atom stereocenters. The van der Waals surface area contributed by atoms with Crippen LogP contribution in [-0.2, 0) is 0 Å². The van der Waals surface area contributed by atoms with Gasteiger partial charge in [0.1, 0.15) is 17.7 Å². The molecule has 466 valence electrons. The van der Waals surface area contributed by atoms with Crippen LogP contribution in [0.4, 0.5) is 34.1 Å². The van der Waals surface area contributed by atoms with Crippen LogP contribution in [0.15, 0.2) is 333 Å². The Morgan fingerprint density at radius 2 is 0.733 bits per heavy atom. The second-order valence-corrected chi connectivity index (χ2v) is 25.6. The molecule has 0 bridgehead atoms. The summed E-state index contributed by atoms with van der Waals surface area (Å²) in [6.07, 6.45) is 0. The number of rotatable bonds is 8. The van der Waals surface area contributed by atoms with Crippen LogP contribution in [0, 0.1) is 22.7 Å². The van der Waals surface area contributed by atoms with Crippen molar-refractivity contribution in [3.63, 3.8) is 0 Å². The first-order valence-corrected chi connectivity index (χ1v) is 33.2. The summed E-state index contributed by atoms with van der Waals surface area (Å²) in [6, 6.07) is 82.5. The van der Waals surface area contributed by atoms with Crippen LogP contribution in [0.3, 0.4) is 0 Å². The van der Waals surface area contributed by atoms with Gasteiger partial charge in [-0.15, -0.1) is 0 Å². The van der Waals surface area contributed by atoms with Crippen LogP contribution in [0.5, 0.6) is 0 Å². The molecule has 6 heterocycles. The maximum Gasteiger partial charge on any atom is 0.252 e. The third kappa shape index (κ3) is 8.18. The predicted octanol–water partition coefficient (Wildman–Crippen LogP) is 21.2. The van der Waals surface area contributed by atoms with Gasteiger partial charge >= 0.3 is 0 Å². The highest BCUT2D eigenvalue weighted by molar-refractivity contribution is 7.00. The van der Waals surface area contributed by atoms with Crippen molar-refractivity contribution in [2.75, 3.05) is 9.80 Å². The normalized spacial score (nSPS) is 14.3. The molecule has 2 aliphatic rings. The van der Waals surface area contributed by atoms with Crippen LogP contribution in [-0.4, -0.2) is 25.0 Å². The summed E-state index contributed by atoms with van der Waals surface area (Å²) >= 11 is 0. The first kappa shape index (κ1) is 44.8. The Balaban J connectivity index is 0.950. The first-order valence-electron chi connectivity index (χ1n) is 39.7. The zero-order valence-corrected chi connectivity index (χ0v) is 53.4. The number of nitrogens with zero attached hydrogens (tertiary/aromatic N) is 8. The molecule has 0 spiro atoms. The number of benzene rings is 15. The van der Waals surface area contributed by atoms with Gasteiger partial charge in [-0.25, -0.2) is 0 Å². The largest absolute Gasteiger partial charge is 0.311 e. The molecule has 4 aromatic heterocycles. The van der Waals surface area contributed by atoms with E-state index < -0.39 is 85.3 Å². The summed E-state index contributed by atoms with van der Waals surface area (Å²) in [4.78, 5) is 4.20. The molecule has 101 heavy (non-hydrogen) atoms. The van der Waals surface area contributed by atoms with E-state index in [1.54, 1.807) is 18.2 Å². The molecular formula is C92H55BN8. The maximum absolute atomic E-state index is 12.4. The van der Waals surface area contributed by atoms with Crippen LogP contribution < -0.4 is 26.2 Å². The van der Waals surface area contributed by atoms with Gasteiger partial charge in [0.25, 0.3) is 6.71 Å². The lowest BCUT2D eigenvalue weighted by Crippen LogP contribution is -2.61. The Morgan fingerprint density at radius 3 is 1.35 bits per heavy atom. The van der Waals surface area contributed by atoms with E-state index >= 15 is 0 Å². The zero-order valence-electron chi connectivity index (χ0n) is 66.4. The number of anilines is 6. The summed E-state index contributed by atoms with van der Waals surface area (Å²) in [5, 5.41) is 29.5. The van der Waals surface area contributed by atoms with E-state index in [0.717, 1.165) is 82.0 Å². The Morgan fingerprint density at radius 1 is 0.267 bits per heavy atom. The van der Waals surface area contributed by atoms with Crippen molar-refractivity contribution in [1.82, 2.24) is 18.3 Å². The fourth-order valence-electron chi connectivity index (χ4n) is 16.4. The van der Waals surface area contributed by atoms with Crippen LogP contribution in [0.25, 0.3) is 132 Å². The molecule has 21 rings (SSSR count). The van der Waals surface area contributed by atoms with E-state index in [0.29, 0.717) is 67.7 Å². The van der Waals surface area contributed by atoms with Gasteiger partial charge in [-0.2, -0.15) is 10.5 Å². The molecule has 0 unspecified atom stereocenters. The lowest BCUT2D eigenvalue weighted by atomic mass is 9.33. The molecule has 15 aromatic carbocycles. The van der Waals surface area contributed by atoms with Gasteiger partial charge in [0.05, 0.1) is 90.3 Å². The maximum atomic E-state index is 12.4. The van der Waals surface area contributed by atoms with Crippen molar-refractivity contribution in [3.8, 4) is 57.1 Å². The van der Waals surface area contributed by atoms with E-state index in [2.05, 4.69) is 115 Å². The molecule has 0 N–H and O–H groups in total. The summed E-state index contributed by atoms with van der Waals surface area (Å²) < 4.78 is 129. The number of aromatic nitrogens is 4. The number of fused-ring (bicyclic) bond motifs is 16. The Labute approximate surface area is 599 Å². The fraction of sp³-hybridized carbons (Fsp3) is 0. The average Bonchev–Trinajstić information content (AvgIpc) is 1.14. The van der Waals surface area contributed by atoms with E-state index in [4.69, 9.17) is 6.85 Å². The molecule has 0 fully saturated rings. The van der Waals surface area contributed by atoms with Gasteiger partial charge in [0.2, 0.25) is 0 Å². The van der Waals surface area contributed by atoms with Crippen molar-refractivity contribution in [3.05, 3.63) is 344 Å². The van der Waals surface area contributed by atoms with Gasteiger partial charge in [0.15, 0.2) is 0 Å². The van der Waals surface area contributed by atoms with Gasteiger partial charge in [0, 0.05) is 77.2 Å². The highest BCUT2D eigenvalue weighted by Crippen LogP contribution is 2.50. The minimum Gasteiger partial charge on any atom is -0.311 e. The van der Waals surface area contributed by atoms with Crippen LogP contribution in [0.2, 0.25) is 0 Å². The monoisotopic (exact) mass is 1300 g/mol. The molecule has 0 radical (unpaired) electrons. The molecule has 0 saturated carbocycles. The highest BCUT2D eigenvalue weighted by Gasteiger charge is 2.45. The quantitative estimate of drug-likeness (QED) is 0.142. The molecule has 9 heteroatoms. The third-order valence-corrected chi connectivity index (χ3v) is 20.5. The van der Waals surface area contributed by atoms with Gasteiger partial charge in [-0.3, -0.25) is 0 Å². The van der Waals surface area contributed by atoms with Gasteiger partial charge < -0.3 is 28.1 Å². The summed E-state index contributed by atoms with van der Waals surface area (Å²) in [7, 11) is 0. The van der Waals surface area contributed by atoms with Gasteiger partial charge in [-0.05, 0) is 148 Å². The Kier molecular flexibility index (Phi) is 9.68. The molecule has 19 aromatic rings. The van der Waals surface area contributed by atoms with E-state index in [-0.39, 0.29) is 44.2 Å². The number of hydrogen-bond donors (Lipinski definition) is 0. The minimum absolute atomic E-state index is 0.0510. The number of para-hydroxylation sites is 7. The molecule has 0 amide bonds. The fourth-order valence-corrected chi connectivity index (χ4v) is 16.4. The summed E-state index contributed by atoms with van der Waals surface area (Å²) in [6.45, 7) is -0.818. The predicted molar refractivity (Wildman–Crippen MR) is 418 cm³/mol. The highest BCUT2D eigenvalue weighted by atomic mass is 15.2. The van der Waals surface area contributed by atoms with E-state index in [1.807, 2.05) is 158 Å². The average molecular weight is 1300 g/mol. The molecular weight excluding hydrogens is 1230 g/mol. The molecule has 0 saturated heterocycles. The first-order chi connectivity index (χ1) is 55.5. The lowest BCUT2D eigenvalue weighted by molar-refractivity contribution is 1.14. The number of nitriles is 2. The van der Waals surface area contributed by atoms with Crippen molar-refractivity contribution in [1.29, 1.82) is 10.5 Å². The van der Waals surface area contributed by atoms with E-state index in [1.165, 1.54) is 4.57 Å². The molecule has 2 aliphatic heterocycles. The Hall–Kier alpha value is -13.9. The van der Waals surface area contributed by atoms with Crippen LogP contribution in [0.1, 0.15) is 28.9 Å². The van der Waals surface area contributed by atoms with Crippen molar-refractivity contribution in [2.45, 2.75) is 0 Å². The number of hydrogen-bond acceptors (Lipinski definition) is 4. The molecule has 8 nitrogen and oxygen atoms in total. The zero-order chi connectivity index (χ0) is 77.9. The van der Waals surface area contributed by atoms with Crippen molar-refractivity contribution >= 4 is 144 Å². The van der Waals surface area contributed by atoms with Crippen LogP contribution >= 0.6 is 0 Å². The summed E-state index contributed by atoms with van der Waals surface area (Å²) in [5.41, 5.74) is 14.8. The van der Waals surface area contributed by atoms with E-state index in [9.17, 15) is 21.5 Å². The lowest BCUT2D eigenvalue weighted by Gasteiger charge is -2.45. The SMILES string of the molecule is [2H]c1c([2H])c([2H])c(-c2ccc3c(c2)N(c2cccc(-n4c5ccccc5c5ccccc54)c2C#N)c2cc(-n4c5ccccc5c5ccc(-c6ccccc6)cc54)cc4c2B3c2ccc(-n3c5c([2H])c([2H])c([2H])c([2H])c5c5c([2H])c([2H])c([2H])c([2H])c53)cc2N4c2ccc(C#N)c(-n3c4ccccc4c4ccccc43)c2)c([2H])c1[2H]. The second-order valence-electron chi connectivity index (χ2n) is 25.6. The minimum atomic E-state index is -0.818. The smallest absolute Gasteiger partial charge is 0.252 e.